The monoisotopic (exact) mass is 489 g/mol. The fraction of sp³-hybridized carbons (Fsp3) is 0.435. The molecule has 3 rings (SSSR count). The molecule has 3 atom stereocenters. The van der Waals surface area contributed by atoms with E-state index in [1.54, 1.807) is 12.1 Å². The predicted molar refractivity (Wildman–Crippen MR) is 118 cm³/mol. The van der Waals surface area contributed by atoms with E-state index >= 15 is 0 Å². The smallest absolute Gasteiger partial charge is 0.489 e. The lowest BCUT2D eigenvalue weighted by atomic mass is 10.0. The first kappa shape index (κ1) is 26.8. The Labute approximate surface area is 195 Å². The van der Waals surface area contributed by atoms with Crippen LogP contribution in [0, 0.1) is 0 Å². The number of halogens is 4. The van der Waals surface area contributed by atoms with Crippen LogP contribution >= 0.6 is 11.6 Å². The Morgan fingerprint density at radius 2 is 1.79 bits per heavy atom. The number of ether oxygens (including phenoxy) is 2. The van der Waals surface area contributed by atoms with Gasteiger partial charge in [-0.3, -0.25) is 0 Å². The zero-order valence-corrected chi connectivity index (χ0v) is 18.9. The third kappa shape index (κ3) is 8.75. The molecule has 0 aliphatic carbocycles. The van der Waals surface area contributed by atoms with Crippen molar-refractivity contribution in [2.75, 3.05) is 13.2 Å². The fourth-order valence-corrected chi connectivity index (χ4v) is 3.28. The minimum absolute atomic E-state index is 0.0415. The van der Waals surface area contributed by atoms with Gasteiger partial charge in [0, 0.05) is 19.0 Å². The van der Waals surface area contributed by atoms with Crippen LogP contribution in [0.4, 0.5) is 13.2 Å². The Kier molecular flexibility index (Phi) is 9.82. The zero-order valence-electron chi connectivity index (χ0n) is 18.2. The molecule has 1 fully saturated rings. The largest absolute Gasteiger partial charge is 0.490 e. The number of aliphatic hydroxyl groups excluding tert-OH is 1. The average molecular weight is 490 g/mol. The molecule has 1 saturated heterocycles. The third-order valence-electron chi connectivity index (χ3n) is 4.93. The van der Waals surface area contributed by atoms with Gasteiger partial charge in [-0.05, 0) is 35.7 Å². The first-order valence-corrected chi connectivity index (χ1v) is 10.7. The first-order chi connectivity index (χ1) is 15.5. The van der Waals surface area contributed by atoms with Crippen LogP contribution in [0.1, 0.15) is 31.7 Å². The number of carboxylic acids is 1. The van der Waals surface area contributed by atoms with Crippen molar-refractivity contribution in [1.29, 1.82) is 0 Å². The molecule has 10 heteroatoms. The van der Waals surface area contributed by atoms with Gasteiger partial charge >= 0.3 is 12.1 Å². The van der Waals surface area contributed by atoms with Crippen molar-refractivity contribution >= 4 is 17.6 Å². The molecular formula is C23H27ClF3NO5. The fourth-order valence-electron chi connectivity index (χ4n) is 3.09. The molecule has 2 aromatic rings. The highest BCUT2D eigenvalue weighted by Crippen LogP contribution is 2.25. The topological polar surface area (TPSA) is 88.0 Å². The van der Waals surface area contributed by atoms with Gasteiger partial charge in [-0.1, -0.05) is 49.7 Å². The number of benzene rings is 2. The Hall–Kier alpha value is -2.49. The highest BCUT2D eigenvalue weighted by molar-refractivity contribution is 6.32. The predicted octanol–water partition coefficient (Wildman–Crippen LogP) is 4.65. The number of hydrogen-bond acceptors (Lipinski definition) is 5. The van der Waals surface area contributed by atoms with E-state index in [-0.39, 0.29) is 18.8 Å². The molecule has 0 aromatic heterocycles. The molecule has 33 heavy (non-hydrogen) atoms. The van der Waals surface area contributed by atoms with E-state index in [0.717, 1.165) is 12.2 Å². The lowest BCUT2D eigenvalue weighted by Crippen LogP contribution is -2.38. The Bertz CT molecular complexity index is 892. The molecular weight excluding hydrogens is 463 g/mol. The normalized spacial score (nSPS) is 18.9. The van der Waals surface area contributed by atoms with E-state index in [1.807, 2.05) is 24.3 Å². The quantitative estimate of drug-likeness (QED) is 0.525. The highest BCUT2D eigenvalue weighted by atomic mass is 35.5. The SMILES string of the molecule is CC(C)c1ccc(O[C@@H]2CN[C@H](C(O)COc3ccccc3Cl)C2)cc1.O=C(O)C(F)(F)F. The molecule has 3 N–H and O–H groups in total. The maximum absolute atomic E-state index is 10.6. The number of alkyl halides is 3. The van der Waals surface area contributed by atoms with Crippen LogP contribution in [0.2, 0.25) is 5.02 Å². The van der Waals surface area contributed by atoms with Crippen molar-refractivity contribution < 1.29 is 37.7 Å². The molecule has 1 heterocycles. The number of carbonyl (C=O) groups is 1. The Morgan fingerprint density at radius 3 is 2.33 bits per heavy atom. The number of para-hydroxylation sites is 1. The van der Waals surface area contributed by atoms with Crippen molar-refractivity contribution in [3.8, 4) is 11.5 Å². The van der Waals surface area contributed by atoms with Gasteiger partial charge in [-0.2, -0.15) is 13.2 Å². The van der Waals surface area contributed by atoms with Crippen molar-refractivity contribution in [1.82, 2.24) is 5.32 Å². The molecule has 1 unspecified atom stereocenters. The van der Waals surface area contributed by atoms with Crippen molar-refractivity contribution in [2.45, 2.75) is 50.6 Å². The van der Waals surface area contributed by atoms with Crippen LogP contribution < -0.4 is 14.8 Å². The van der Waals surface area contributed by atoms with Gasteiger partial charge in [0.15, 0.2) is 0 Å². The van der Waals surface area contributed by atoms with Crippen molar-refractivity contribution in [2.24, 2.45) is 0 Å². The number of hydrogen-bond donors (Lipinski definition) is 3. The highest BCUT2D eigenvalue weighted by Gasteiger charge is 2.38. The van der Waals surface area contributed by atoms with E-state index in [2.05, 4.69) is 31.3 Å². The Morgan fingerprint density at radius 1 is 1.18 bits per heavy atom. The van der Waals surface area contributed by atoms with Crippen LogP contribution in [0.3, 0.4) is 0 Å². The second-order valence-corrected chi connectivity index (χ2v) is 8.23. The van der Waals surface area contributed by atoms with Crippen molar-refractivity contribution in [3.05, 3.63) is 59.1 Å². The zero-order chi connectivity index (χ0) is 24.6. The molecule has 1 aliphatic rings. The van der Waals surface area contributed by atoms with E-state index in [9.17, 15) is 18.3 Å². The lowest BCUT2D eigenvalue weighted by molar-refractivity contribution is -0.192. The van der Waals surface area contributed by atoms with Gasteiger partial charge in [0.05, 0.1) is 5.02 Å². The van der Waals surface area contributed by atoms with Gasteiger partial charge in [0.25, 0.3) is 0 Å². The number of aliphatic hydroxyl groups is 1. The summed E-state index contributed by atoms with van der Waals surface area (Å²) in [6, 6.07) is 15.4. The molecule has 0 saturated carbocycles. The molecule has 0 bridgehead atoms. The summed E-state index contributed by atoms with van der Waals surface area (Å²) in [4.78, 5) is 8.90. The van der Waals surface area contributed by atoms with E-state index in [0.29, 0.717) is 23.2 Å². The molecule has 182 valence electrons. The summed E-state index contributed by atoms with van der Waals surface area (Å²) in [5.74, 6) is -0.796. The molecule has 6 nitrogen and oxygen atoms in total. The summed E-state index contributed by atoms with van der Waals surface area (Å²) in [5, 5.41) is 21.4. The Balaban J connectivity index is 0.000000479. The van der Waals surface area contributed by atoms with Crippen LogP contribution in [-0.2, 0) is 4.79 Å². The minimum Gasteiger partial charge on any atom is -0.489 e. The van der Waals surface area contributed by atoms with E-state index in [1.165, 1.54) is 5.56 Å². The van der Waals surface area contributed by atoms with Gasteiger partial charge in [-0.25, -0.2) is 4.79 Å². The maximum Gasteiger partial charge on any atom is 0.490 e. The summed E-state index contributed by atoms with van der Waals surface area (Å²) < 4.78 is 43.4. The number of aliphatic carboxylic acids is 1. The molecule has 1 aliphatic heterocycles. The molecule has 0 amide bonds. The number of carboxylic acid groups (broad SMARTS) is 1. The standard InChI is InChI=1S/C21H26ClNO3.C2HF3O2/c1-14(2)15-7-9-16(10-8-15)26-17-11-19(23-12-17)20(24)13-25-21-6-4-3-5-18(21)22;3-2(4,5)1(6)7/h3-10,14,17,19-20,23-24H,11-13H2,1-2H3;(H,6,7)/t17-,19-,20?;/m0./s1. The number of nitrogens with one attached hydrogen (secondary N) is 1. The summed E-state index contributed by atoms with van der Waals surface area (Å²) >= 11 is 6.07. The lowest BCUT2D eigenvalue weighted by Gasteiger charge is -2.19. The summed E-state index contributed by atoms with van der Waals surface area (Å²) in [6.45, 7) is 5.25. The second-order valence-electron chi connectivity index (χ2n) is 7.83. The van der Waals surface area contributed by atoms with Gasteiger partial charge < -0.3 is 25.0 Å². The maximum atomic E-state index is 10.6. The third-order valence-corrected chi connectivity index (χ3v) is 5.24. The van der Waals surface area contributed by atoms with Gasteiger partial charge in [-0.15, -0.1) is 0 Å². The summed E-state index contributed by atoms with van der Waals surface area (Å²) in [5.41, 5.74) is 1.30. The van der Waals surface area contributed by atoms with Gasteiger partial charge in [0.2, 0.25) is 0 Å². The average Bonchev–Trinajstić information content (AvgIpc) is 3.21. The van der Waals surface area contributed by atoms with Crippen molar-refractivity contribution in [3.63, 3.8) is 0 Å². The van der Waals surface area contributed by atoms with Crippen LogP contribution in [-0.4, -0.2) is 53.8 Å². The van der Waals surface area contributed by atoms with E-state index < -0.39 is 18.2 Å². The molecule has 2 aromatic carbocycles. The first-order valence-electron chi connectivity index (χ1n) is 10.3. The van der Waals surface area contributed by atoms with Crippen LogP contribution in [0.15, 0.2) is 48.5 Å². The van der Waals surface area contributed by atoms with Crippen LogP contribution in [0.25, 0.3) is 0 Å². The molecule has 0 spiro atoms. The van der Waals surface area contributed by atoms with Gasteiger partial charge in [0.1, 0.15) is 30.3 Å². The van der Waals surface area contributed by atoms with E-state index in [4.69, 9.17) is 31.0 Å². The molecule has 0 radical (unpaired) electrons. The second kappa shape index (κ2) is 12.1. The number of rotatable bonds is 7. The minimum atomic E-state index is -5.08. The van der Waals surface area contributed by atoms with Crippen LogP contribution in [0.5, 0.6) is 11.5 Å². The summed E-state index contributed by atoms with van der Waals surface area (Å²) in [6.07, 6.45) is -4.93. The summed E-state index contributed by atoms with van der Waals surface area (Å²) in [7, 11) is 0.